The molecule has 1 N–H and O–H groups in total. The van der Waals surface area contributed by atoms with Crippen molar-refractivity contribution in [3.05, 3.63) is 51.8 Å². The van der Waals surface area contributed by atoms with Gasteiger partial charge in [-0.1, -0.05) is 17.7 Å². The van der Waals surface area contributed by atoms with E-state index in [0.717, 1.165) is 15.6 Å². The van der Waals surface area contributed by atoms with Gasteiger partial charge in [0.05, 0.1) is 29.8 Å². The van der Waals surface area contributed by atoms with Gasteiger partial charge in [-0.25, -0.2) is 4.98 Å². The van der Waals surface area contributed by atoms with Crippen LogP contribution >= 0.6 is 34.3 Å². The maximum Gasteiger partial charge on any atom is 0.230 e. The number of thiophene rings is 1. The van der Waals surface area contributed by atoms with Gasteiger partial charge in [-0.05, 0) is 29.6 Å². The molecule has 0 unspecified atom stereocenters. The first-order valence-corrected chi connectivity index (χ1v) is 8.91. The summed E-state index contributed by atoms with van der Waals surface area (Å²) in [5.41, 5.74) is 1.30. The summed E-state index contributed by atoms with van der Waals surface area (Å²) >= 11 is 9.13. The number of ether oxygens (including phenoxy) is 1. The van der Waals surface area contributed by atoms with Crippen LogP contribution < -0.4 is 10.1 Å². The molecule has 23 heavy (non-hydrogen) atoms. The van der Waals surface area contributed by atoms with Crippen molar-refractivity contribution in [2.75, 3.05) is 12.4 Å². The molecule has 0 bridgehead atoms. The average molecular weight is 365 g/mol. The second kappa shape index (κ2) is 7.12. The highest BCUT2D eigenvalue weighted by atomic mass is 35.5. The second-order valence-electron chi connectivity index (χ2n) is 4.69. The van der Waals surface area contributed by atoms with Crippen LogP contribution in [0.5, 0.6) is 5.75 Å². The molecule has 0 aliphatic carbocycles. The lowest BCUT2D eigenvalue weighted by molar-refractivity contribution is -0.115. The SMILES string of the molecule is COc1ccc(Cl)cc1NC(=O)Cc1csc(-c2cccs2)n1. The van der Waals surface area contributed by atoms with Crippen LogP contribution in [-0.2, 0) is 11.2 Å². The molecule has 3 aromatic rings. The Labute approximate surface area is 146 Å². The van der Waals surface area contributed by atoms with E-state index in [4.69, 9.17) is 16.3 Å². The van der Waals surface area contributed by atoms with Gasteiger partial charge in [0.1, 0.15) is 10.8 Å². The zero-order valence-corrected chi connectivity index (χ0v) is 14.6. The Morgan fingerprint density at radius 1 is 1.35 bits per heavy atom. The number of nitrogens with zero attached hydrogens (tertiary/aromatic N) is 1. The molecule has 0 spiro atoms. The Morgan fingerprint density at radius 3 is 2.96 bits per heavy atom. The van der Waals surface area contributed by atoms with Crippen molar-refractivity contribution in [1.29, 1.82) is 0 Å². The third-order valence-corrected chi connectivity index (χ3v) is 5.23. The number of hydrogen-bond acceptors (Lipinski definition) is 5. The van der Waals surface area contributed by atoms with Crippen molar-refractivity contribution in [1.82, 2.24) is 4.98 Å². The normalized spacial score (nSPS) is 10.5. The first-order valence-electron chi connectivity index (χ1n) is 6.77. The highest BCUT2D eigenvalue weighted by Crippen LogP contribution is 2.29. The molecule has 0 saturated carbocycles. The number of amides is 1. The zero-order chi connectivity index (χ0) is 16.2. The predicted octanol–water partition coefficient (Wildman–Crippen LogP) is 4.71. The first kappa shape index (κ1) is 16.0. The number of halogens is 1. The van der Waals surface area contributed by atoms with Crippen LogP contribution in [0, 0.1) is 0 Å². The topological polar surface area (TPSA) is 51.2 Å². The minimum absolute atomic E-state index is 0.159. The molecule has 7 heteroatoms. The van der Waals surface area contributed by atoms with Gasteiger partial charge in [0.25, 0.3) is 0 Å². The largest absolute Gasteiger partial charge is 0.495 e. The van der Waals surface area contributed by atoms with E-state index in [0.29, 0.717) is 16.5 Å². The Hall–Kier alpha value is -1.89. The van der Waals surface area contributed by atoms with Crippen molar-refractivity contribution < 1.29 is 9.53 Å². The molecule has 0 radical (unpaired) electrons. The lowest BCUT2D eigenvalue weighted by Crippen LogP contribution is -2.15. The Kier molecular flexibility index (Phi) is 4.95. The van der Waals surface area contributed by atoms with E-state index in [1.807, 2.05) is 22.9 Å². The molecule has 118 valence electrons. The van der Waals surface area contributed by atoms with Gasteiger partial charge in [-0.15, -0.1) is 22.7 Å². The number of anilines is 1. The summed E-state index contributed by atoms with van der Waals surface area (Å²) in [6, 6.07) is 9.10. The summed E-state index contributed by atoms with van der Waals surface area (Å²) in [6.45, 7) is 0. The maximum atomic E-state index is 12.2. The maximum absolute atomic E-state index is 12.2. The van der Waals surface area contributed by atoms with Crippen LogP contribution in [0.4, 0.5) is 5.69 Å². The number of thiazole rings is 1. The summed E-state index contributed by atoms with van der Waals surface area (Å²) in [5, 5.41) is 8.20. The fraction of sp³-hybridized carbons (Fsp3) is 0.125. The van der Waals surface area contributed by atoms with E-state index in [-0.39, 0.29) is 12.3 Å². The van der Waals surface area contributed by atoms with Crippen LogP contribution in [0.2, 0.25) is 5.02 Å². The van der Waals surface area contributed by atoms with Crippen LogP contribution in [0.1, 0.15) is 5.69 Å². The number of benzene rings is 1. The molecule has 0 atom stereocenters. The van der Waals surface area contributed by atoms with Crippen molar-refractivity contribution in [3.63, 3.8) is 0 Å². The Morgan fingerprint density at radius 2 is 2.22 bits per heavy atom. The van der Waals surface area contributed by atoms with E-state index in [1.165, 1.54) is 11.3 Å². The number of rotatable bonds is 5. The number of nitrogens with one attached hydrogen (secondary N) is 1. The molecular formula is C16H13ClN2O2S2. The minimum Gasteiger partial charge on any atom is -0.495 e. The molecule has 2 heterocycles. The van der Waals surface area contributed by atoms with Crippen molar-refractivity contribution >= 4 is 45.9 Å². The van der Waals surface area contributed by atoms with Crippen LogP contribution in [0.15, 0.2) is 41.1 Å². The Balaban J connectivity index is 1.69. The lowest BCUT2D eigenvalue weighted by atomic mass is 10.2. The molecule has 3 rings (SSSR count). The summed E-state index contributed by atoms with van der Waals surface area (Å²) in [7, 11) is 1.55. The summed E-state index contributed by atoms with van der Waals surface area (Å²) in [5.74, 6) is 0.411. The highest BCUT2D eigenvalue weighted by Gasteiger charge is 2.12. The number of aromatic nitrogens is 1. The van der Waals surface area contributed by atoms with Gasteiger partial charge in [0.15, 0.2) is 0 Å². The average Bonchev–Trinajstić information content (AvgIpc) is 3.18. The lowest BCUT2D eigenvalue weighted by Gasteiger charge is -2.10. The van der Waals surface area contributed by atoms with E-state index >= 15 is 0 Å². The number of methoxy groups -OCH3 is 1. The molecule has 0 fully saturated rings. The number of carbonyl (C=O) groups excluding carboxylic acids is 1. The molecule has 0 saturated heterocycles. The van der Waals surface area contributed by atoms with E-state index in [2.05, 4.69) is 10.3 Å². The summed E-state index contributed by atoms with van der Waals surface area (Å²) in [4.78, 5) is 17.8. The molecule has 0 aliphatic rings. The molecule has 1 aromatic carbocycles. The molecule has 1 amide bonds. The third kappa shape index (κ3) is 3.90. The van der Waals surface area contributed by atoms with Crippen molar-refractivity contribution in [2.45, 2.75) is 6.42 Å². The van der Waals surface area contributed by atoms with Crippen molar-refractivity contribution in [2.24, 2.45) is 0 Å². The van der Waals surface area contributed by atoms with E-state index in [1.54, 1.807) is 36.6 Å². The standard InChI is InChI=1S/C16H13ClN2O2S2/c1-21-13-5-4-10(17)7-12(13)19-15(20)8-11-9-23-16(18-11)14-3-2-6-22-14/h2-7,9H,8H2,1H3,(H,19,20). The summed E-state index contributed by atoms with van der Waals surface area (Å²) in [6.07, 6.45) is 0.206. The first-order chi connectivity index (χ1) is 11.2. The zero-order valence-electron chi connectivity index (χ0n) is 12.2. The van der Waals surface area contributed by atoms with Crippen LogP contribution in [0.3, 0.4) is 0 Å². The third-order valence-electron chi connectivity index (χ3n) is 3.06. The van der Waals surface area contributed by atoms with Gasteiger partial charge in [-0.2, -0.15) is 0 Å². The molecule has 2 aromatic heterocycles. The number of carbonyl (C=O) groups is 1. The smallest absolute Gasteiger partial charge is 0.230 e. The minimum atomic E-state index is -0.159. The van der Waals surface area contributed by atoms with Gasteiger partial charge in [-0.3, -0.25) is 4.79 Å². The predicted molar refractivity (Wildman–Crippen MR) is 95.8 cm³/mol. The van der Waals surface area contributed by atoms with E-state index < -0.39 is 0 Å². The molecule has 4 nitrogen and oxygen atoms in total. The van der Waals surface area contributed by atoms with Crippen LogP contribution in [-0.4, -0.2) is 18.0 Å². The number of hydrogen-bond donors (Lipinski definition) is 1. The molecular weight excluding hydrogens is 352 g/mol. The Bertz CT molecular complexity index is 815. The highest BCUT2D eigenvalue weighted by molar-refractivity contribution is 7.20. The molecule has 0 aliphatic heterocycles. The fourth-order valence-electron chi connectivity index (χ4n) is 2.04. The van der Waals surface area contributed by atoms with E-state index in [9.17, 15) is 4.79 Å². The fourth-order valence-corrected chi connectivity index (χ4v) is 3.84. The van der Waals surface area contributed by atoms with Gasteiger partial charge in [0.2, 0.25) is 5.91 Å². The quantitative estimate of drug-likeness (QED) is 0.713. The van der Waals surface area contributed by atoms with Gasteiger partial charge in [0, 0.05) is 10.4 Å². The van der Waals surface area contributed by atoms with Gasteiger partial charge < -0.3 is 10.1 Å². The van der Waals surface area contributed by atoms with Gasteiger partial charge >= 0.3 is 0 Å². The summed E-state index contributed by atoms with van der Waals surface area (Å²) < 4.78 is 5.22. The monoisotopic (exact) mass is 364 g/mol. The van der Waals surface area contributed by atoms with Crippen LogP contribution in [0.25, 0.3) is 9.88 Å². The van der Waals surface area contributed by atoms with Crippen molar-refractivity contribution in [3.8, 4) is 15.6 Å². The second-order valence-corrected chi connectivity index (χ2v) is 6.93.